The fourth-order valence-corrected chi connectivity index (χ4v) is 1.61. The molecule has 6 heteroatoms. The van der Waals surface area contributed by atoms with Crippen LogP contribution in [0.25, 0.3) is 0 Å². The van der Waals surface area contributed by atoms with Crippen LogP contribution in [0.5, 0.6) is 5.75 Å². The topological polar surface area (TPSA) is 88.2 Å². The number of benzene rings is 1. The SMILES string of the molecule is CCNC(C#N)COc1ccc(CC)cc1[N+](=O)[O-]. The number of ether oxygens (including phenoxy) is 1. The summed E-state index contributed by atoms with van der Waals surface area (Å²) in [6.45, 7) is 4.52. The summed E-state index contributed by atoms with van der Waals surface area (Å²) < 4.78 is 5.38. The highest BCUT2D eigenvalue weighted by molar-refractivity contribution is 5.48. The van der Waals surface area contributed by atoms with Crippen molar-refractivity contribution in [3.63, 3.8) is 0 Å². The van der Waals surface area contributed by atoms with Gasteiger partial charge in [-0.1, -0.05) is 19.9 Å². The van der Waals surface area contributed by atoms with Gasteiger partial charge in [-0.2, -0.15) is 5.26 Å². The van der Waals surface area contributed by atoms with Gasteiger partial charge in [0.2, 0.25) is 0 Å². The van der Waals surface area contributed by atoms with Gasteiger partial charge < -0.3 is 4.74 Å². The Hall–Kier alpha value is -2.13. The van der Waals surface area contributed by atoms with Crippen molar-refractivity contribution >= 4 is 5.69 Å². The maximum Gasteiger partial charge on any atom is 0.311 e. The number of nitro groups is 1. The largest absolute Gasteiger partial charge is 0.484 e. The van der Waals surface area contributed by atoms with E-state index < -0.39 is 11.0 Å². The average molecular weight is 263 g/mol. The van der Waals surface area contributed by atoms with Crippen LogP contribution in [0.3, 0.4) is 0 Å². The molecule has 1 atom stereocenters. The highest BCUT2D eigenvalue weighted by atomic mass is 16.6. The number of nitrogens with one attached hydrogen (secondary N) is 1. The lowest BCUT2D eigenvalue weighted by Gasteiger charge is -2.12. The summed E-state index contributed by atoms with van der Waals surface area (Å²) >= 11 is 0. The lowest BCUT2D eigenvalue weighted by atomic mass is 10.1. The minimum absolute atomic E-state index is 0.0625. The van der Waals surface area contributed by atoms with Gasteiger partial charge in [-0.25, -0.2) is 0 Å². The number of aryl methyl sites for hydroxylation is 1. The van der Waals surface area contributed by atoms with Crippen molar-refractivity contribution in [2.24, 2.45) is 0 Å². The highest BCUT2D eigenvalue weighted by Crippen LogP contribution is 2.28. The van der Waals surface area contributed by atoms with Crippen LogP contribution in [-0.4, -0.2) is 24.1 Å². The molecule has 0 saturated heterocycles. The van der Waals surface area contributed by atoms with Crippen molar-refractivity contribution in [2.75, 3.05) is 13.2 Å². The molecule has 0 fully saturated rings. The summed E-state index contributed by atoms with van der Waals surface area (Å²) in [6.07, 6.45) is 0.722. The van der Waals surface area contributed by atoms with Gasteiger partial charge in [0.25, 0.3) is 0 Å². The van der Waals surface area contributed by atoms with E-state index in [4.69, 9.17) is 10.00 Å². The number of hydrogen-bond acceptors (Lipinski definition) is 5. The summed E-state index contributed by atoms with van der Waals surface area (Å²) in [7, 11) is 0. The Bertz CT molecular complexity index is 483. The minimum Gasteiger partial charge on any atom is -0.484 e. The van der Waals surface area contributed by atoms with E-state index in [0.717, 1.165) is 12.0 Å². The molecule has 0 aliphatic rings. The average Bonchev–Trinajstić information content (AvgIpc) is 2.43. The molecule has 0 heterocycles. The second-order valence-corrected chi connectivity index (χ2v) is 3.96. The van der Waals surface area contributed by atoms with E-state index in [-0.39, 0.29) is 18.0 Å². The van der Waals surface area contributed by atoms with Crippen molar-refractivity contribution < 1.29 is 9.66 Å². The molecular weight excluding hydrogens is 246 g/mol. The van der Waals surface area contributed by atoms with E-state index in [0.29, 0.717) is 6.54 Å². The van der Waals surface area contributed by atoms with E-state index >= 15 is 0 Å². The van der Waals surface area contributed by atoms with Gasteiger partial charge in [0.1, 0.15) is 12.6 Å². The first kappa shape index (κ1) is 14.9. The fourth-order valence-electron chi connectivity index (χ4n) is 1.61. The Morgan fingerprint density at radius 3 is 2.79 bits per heavy atom. The molecule has 1 aromatic rings. The lowest BCUT2D eigenvalue weighted by Crippen LogP contribution is -2.33. The minimum atomic E-state index is -0.476. The maximum atomic E-state index is 11.0. The van der Waals surface area contributed by atoms with Crippen LogP contribution in [0.15, 0.2) is 18.2 Å². The Balaban J connectivity index is 2.83. The quantitative estimate of drug-likeness (QED) is 0.600. The molecule has 1 aromatic carbocycles. The first-order chi connectivity index (χ1) is 9.12. The zero-order valence-electron chi connectivity index (χ0n) is 11.0. The van der Waals surface area contributed by atoms with Crippen LogP contribution < -0.4 is 10.1 Å². The number of rotatable bonds is 7. The van der Waals surface area contributed by atoms with Crippen LogP contribution in [0.1, 0.15) is 19.4 Å². The molecule has 0 aliphatic heterocycles. The van der Waals surface area contributed by atoms with Crippen molar-refractivity contribution in [2.45, 2.75) is 26.3 Å². The second-order valence-electron chi connectivity index (χ2n) is 3.96. The molecule has 6 nitrogen and oxygen atoms in total. The molecule has 0 aliphatic carbocycles. The lowest BCUT2D eigenvalue weighted by molar-refractivity contribution is -0.385. The van der Waals surface area contributed by atoms with Crippen molar-refractivity contribution in [1.29, 1.82) is 5.26 Å². The van der Waals surface area contributed by atoms with Crippen LogP contribution in [0.2, 0.25) is 0 Å². The Morgan fingerprint density at radius 2 is 2.26 bits per heavy atom. The van der Waals surface area contributed by atoms with E-state index in [1.807, 2.05) is 19.9 Å². The molecule has 0 saturated carbocycles. The predicted molar refractivity (Wildman–Crippen MR) is 71.0 cm³/mol. The third-order valence-corrected chi connectivity index (χ3v) is 2.64. The predicted octanol–water partition coefficient (Wildman–Crippen LogP) is 2.04. The van der Waals surface area contributed by atoms with Gasteiger partial charge in [-0.05, 0) is 24.6 Å². The number of nitro benzene ring substituents is 1. The fraction of sp³-hybridized carbons (Fsp3) is 0.462. The van der Waals surface area contributed by atoms with Gasteiger partial charge in [-0.3, -0.25) is 15.4 Å². The Labute approximate surface area is 112 Å². The van der Waals surface area contributed by atoms with Crippen LogP contribution in [0.4, 0.5) is 5.69 Å². The molecule has 19 heavy (non-hydrogen) atoms. The normalized spacial score (nSPS) is 11.6. The number of nitriles is 1. The molecule has 0 radical (unpaired) electrons. The van der Waals surface area contributed by atoms with Crippen LogP contribution >= 0.6 is 0 Å². The van der Waals surface area contributed by atoms with E-state index in [1.54, 1.807) is 12.1 Å². The molecule has 1 unspecified atom stereocenters. The van der Waals surface area contributed by atoms with E-state index in [1.165, 1.54) is 6.07 Å². The summed E-state index contributed by atoms with van der Waals surface area (Å²) in [6, 6.07) is 6.44. The van der Waals surface area contributed by atoms with Crippen LogP contribution in [0, 0.1) is 21.4 Å². The molecule has 1 rings (SSSR count). The first-order valence-electron chi connectivity index (χ1n) is 6.15. The molecule has 0 amide bonds. The monoisotopic (exact) mass is 263 g/mol. The number of likely N-dealkylation sites (N-methyl/N-ethyl adjacent to an activating group) is 1. The summed E-state index contributed by atoms with van der Waals surface area (Å²) in [5, 5.41) is 22.8. The third kappa shape index (κ3) is 4.23. The molecule has 1 N–H and O–H groups in total. The van der Waals surface area contributed by atoms with Gasteiger partial charge in [-0.15, -0.1) is 0 Å². The van der Waals surface area contributed by atoms with Gasteiger partial charge in [0.15, 0.2) is 5.75 Å². The second kappa shape index (κ2) is 7.34. The third-order valence-electron chi connectivity index (χ3n) is 2.64. The van der Waals surface area contributed by atoms with Gasteiger partial charge in [0.05, 0.1) is 11.0 Å². The summed E-state index contributed by atoms with van der Waals surface area (Å²) in [5.74, 6) is 0.195. The summed E-state index contributed by atoms with van der Waals surface area (Å²) in [4.78, 5) is 10.5. The molecule has 0 bridgehead atoms. The van der Waals surface area contributed by atoms with Crippen molar-refractivity contribution in [1.82, 2.24) is 5.32 Å². The van der Waals surface area contributed by atoms with E-state index in [2.05, 4.69) is 5.32 Å². The van der Waals surface area contributed by atoms with Gasteiger partial charge in [0, 0.05) is 6.07 Å². The maximum absolute atomic E-state index is 11.0. The smallest absolute Gasteiger partial charge is 0.311 e. The van der Waals surface area contributed by atoms with Crippen molar-refractivity contribution in [3.8, 4) is 11.8 Å². The zero-order chi connectivity index (χ0) is 14.3. The summed E-state index contributed by atoms with van der Waals surface area (Å²) in [5.41, 5.74) is 0.815. The van der Waals surface area contributed by atoms with Gasteiger partial charge >= 0.3 is 5.69 Å². The molecule has 0 aromatic heterocycles. The van der Waals surface area contributed by atoms with Crippen LogP contribution in [-0.2, 0) is 6.42 Å². The number of hydrogen-bond donors (Lipinski definition) is 1. The molecule has 0 spiro atoms. The van der Waals surface area contributed by atoms with E-state index in [9.17, 15) is 10.1 Å². The highest BCUT2D eigenvalue weighted by Gasteiger charge is 2.17. The standard InChI is InChI=1S/C13H17N3O3/c1-3-10-5-6-13(12(7-10)16(17)18)19-9-11(8-14)15-4-2/h5-7,11,15H,3-4,9H2,1-2H3. The molecule has 102 valence electrons. The Morgan fingerprint density at radius 1 is 1.53 bits per heavy atom. The first-order valence-corrected chi connectivity index (χ1v) is 6.15. The van der Waals surface area contributed by atoms with Crippen molar-refractivity contribution in [3.05, 3.63) is 33.9 Å². The molecular formula is C13H17N3O3. The Kier molecular flexibility index (Phi) is 5.76. The zero-order valence-corrected chi connectivity index (χ0v) is 11.0. The number of nitrogens with zero attached hydrogens (tertiary/aromatic N) is 2.